The van der Waals surface area contributed by atoms with Gasteiger partial charge in [-0.15, -0.1) is 0 Å². The van der Waals surface area contributed by atoms with Gasteiger partial charge in [0.1, 0.15) is 0 Å². The molecule has 1 aliphatic heterocycles. The summed E-state index contributed by atoms with van der Waals surface area (Å²) in [7, 11) is 1.82. The number of thiocarbonyl (C=S) groups is 1. The molecule has 0 saturated heterocycles. The number of nitrogens with zero attached hydrogens (tertiary/aromatic N) is 1. The van der Waals surface area contributed by atoms with E-state index in [0.29, 0.717) is 17.3 Å². The summed E-state index contributed by atoms with van der Waals surface area (Å²) in [6, 6.07) is 7.16. The van der Waals surface area contributed by atoms with Crippen LogP contribution in [0.2, 0.25) is 0 Å². The number of anilines is 1. The lowest BCUT2D eigenvalue weighted by atomic mass is 9.88. The number of hydrogen-bond acceptors (Lipinski definition) is 4. The summed E-state index contributed by atoms with van der Waals surface area (Å²) < 4.78 is 5.28. The highest BCUT2D eigenvalue weighted by atomic mass is 32.1. The van der Waals surface area contributed by atoms with E-state index in [1.165, 1.54) is 6.42 Å². The fraction of sp³-hybridized carbons (Fsp3) is 0.500. The predicted octanol–water partition coefficient (Wildman–Crippen LogP) is 3.90. The summed E-state index contributed by atoms with van der Waals surface area (Å²) in [5.41, 5.74) is 2.86. The third-order valence-electron chi connectivity index (χ3n) is 5.71. The molecule has 6 nitrogen and oxygen atoms in total. The second-order valence-electron chi connectivity index (χ2n) is 7.61. The number of carbonyl (C=O) groups excluding carboxylic acids is 2. The third-order valence-corrected chi connectivity index (χ3v) is 6.10. The quantitative estimate of drug-likeness (QED) is 0.561. The van der Waals surface area contributed by atoms with Crippen LogP contribution in [0.3, 0.4) is 0 Å². The molecule has 0 bridgehead atoms. The Labute approximate surface area is 177 Å². The molecule has 2 N–H and O–H groups in total. The number of rotatable bonds is 5. The van der Waals surface area contributed by atoms with E-state index in [1.54, 1.807) is 11.8 Å². The number of carbonyl (C=O) groups is 2. The number of hydrogen-bond donors (Lipinski definition) is 2. The molecule has 7 heteroatoms. The maximum atomic E-state index is 12.7. The molecular formula is C22H29N3O3S. The highest BCUT2D eigenvalue weighted by molar-refractivity contribution is 7.80. The molecule has 1 aromatic rings. The maximum Gasteiger partial charge on any atom is 0.338 e. The molecule has 0 unspecified atom stereocenters. The number of esters is 1. The average molecular weight is 416 g/mol. The first-order valence-electron chi connectivity index (χ1n) is 10.2. The van der Waals surface area contributed by atoms with E-state index in [4.69, 9.17) is 17.0 Å². The van der Waals surface area contributed by atoms with Gasteiger partial charge in [-0.05, 0) is 56.6 Å². The SMILES string of the molecule is CCOC(=O)C1=C(C)N(C)C(=S)N[C@@H]1c1cccc(NC(=O)C2CCCCC2)c1. The predicted molar refractivity (Wildman–Crippen MR) is 117 cm³/mol. The van der Waals surface area contributed by atoms with Crippen LogP contribution >= 0.6 is 12.2 Å². The van der Waals surface area contributed by atoms with Crippen molar-refractivity contribution in [2.45, 2.75) is 52.0 Å². The van der Waals surface area contributed by atoms with Gasteiger partial charge in [0.05, 0.1) is 18.2 Å². The first-order valence-corrected chi connectivity index (χ1v) is 10.7. The van der Waals surface area contributed by atoms with E-state index in [1.807, 2.05) is 38.2 Å². The topological polar surface area (TPSA) is 70.7 Å². The van der Waals surface area contributed by atoms with Crippen molar-refractivity contribution < 1.29 is 14.3 Å². The van der Waals surface area contributed by atoms with E-state index in [2.05, 4.69) is 10.6 Å². The van der Waals surface area contributed by atoms with E-state index in [0.717, 1.165) is 42.6 Å². The average Bonchev–Trinajstić information content (AvgIpc) is 2.72. The van der Waals surface area contributed by atoms with E-state index < -0.39 is 6.04 Å². The van der Waals surface area contributed by atoms with Crippen LogP contribution in [0, 0.1) is 5.92 Å². The number of nitrogens with one attached hydrogen (secondary N) is 2. The Bertz CT molecular complexity index is 830. The van der Waals surface area contributed by atoms with Crippen LogP contribution in [-0.2, 0) is 14.3 Å². The zero-order valence-corrected chi connectivity index (χ0v) is 18.1. The molecule has 1 amide bonds. The summed E-state index contributed by atoms with van der Waals surface area (Å²) in [6.07, 6.45) is 5.34. The molecule has 1 saturated carbocycles. The van der Waals surface area contributed by atoms with Crippen LogP contribution in [-0.4, -0.2) is 35.5 Å². The molecule has 3 rings (SSSR count). The molecule has 1 heterocycles. The summed E-state index contributed by atoms with van der Waals surface area (Å²) >= 11 is 5.43. The molecule has 0 spiro atoms. The standard InChI is InChI=1S/C22H29N3O3S/c1-4-28-21(27)18-14(2)25(3)22(29)24-19(18)16-11-8-12-17(13-16)23-20(26)15-9-6-5-7-10-15/h8,11-13,15,19H,4-7,9-10H2,1-3H3,(H,23,26)(H,24,29)/t19-/m1/s1. The molecule has 156 valence electrons. The van der Waals surface area contributed by atoms with Crippen molar-refractivity contribution in [3.63, 3.8) is 0 Å². The molecule has 0 aromatic heterocycles. The van der Waals surface area contributed by atoms with Gasteiger partial charge < -0.3 is 20.3 Å². The molecule has 29 heavy (non-hydrogen) atoms. The largest absolute Gasteiger partial charge is 0.463 e. The minimum Gasteiger partial charge on any atom is -0.463 e. The van der Waals surface area contributed by atoms with Crippen LogP contribution in [0.15, 0.2) is 35.5 Å². The monoisotopic (exact) mass is 415 g/mol. The van der Waals surface area contributed by atoms with Gasteiger partial charge >= 0.3 is 5.97 Å². The Hall–Kier alpha value is -2.41. The number of benzene rings is 1. The zero-order valence-electron chi connectivity index (χ0n) is 17.3. The van der Waals surface area contributed by atoms with Gasteiger partial charge in [-0.25, -0.2) is 4.79 Å². The smallest absolute Gasteiger partial charge is 0.338 e. The van der Waals surface area contributed by atoms with Crippen LogP contribution < -0.4 is 10.6 Å². The third kappa shape index (κ3) is 4.78. The highest BCUT2D eigenvalue weighted by Gasteiger charge is 2.33. The van der Waals surface area contributed by atoms with Crippen LogP contribution in [0.5, 0.6) is 0 Å². The molecule has 1 atom stereocenters. The van der Waals surface area contributed by atoms with Crippen molar-refractivity contribution in [1.82, 2.24) is 10.2 Å². The lowest BCUT2D eigenvalue weighted by Gasteiger charge is -2.35. The maximum absolute atomic E-state index is 12.7. The van der Waals surface area contributed by atoms with Crippen LogP contribution in [0.4, 0.5) is 5.69 Å². The lowest BCUT2D eigenvalue weighted by Crippen LogP contribution is -2.46. The summed E-state index contributed by atoms with van der Waals surface area (Å²) in [6.45, 7) is 3.95. The van der Waals surface area contributed by atoms with Gasteiger partial charge in [-0.1, -0.05) is 31.4 Å². The second kappa shape index (κ2) is 9.39. The van der Waals surface area contributed by atoms with Crippen molar-refractivity contribution in [1.29, 1.82) is 0 Å². The van der Waals surface area contributed by atoms with Gasteiger partial charge in [0.15, 0.2) is 5.11 Å². The Morgan fingerprint density at radius 2 is 2.00 bits per heavy atom. The summed E-state index contributed by atoms with van der Waals surface area (Å²) in [4.78, 5) is 27.0. The van der Waals surface area contributed by atoms with Crippen molar-refractivity contribution in [3.8, 4) is 0 Å². The zero-order chi connectivity index (χ0) is 21.0. The Morgan fingerprint density at radius 1 is 1.28 bits per heavy atom. The number of ether oxygens (including phenoxy) is 1. The van der Waals surface area contributed by atoms with E-state index >= 15 is 0 Å². The summed E-state index contributed by atoms with van der Waals surface area (Å²) in [5, 5.41) is 6.82. The molecule has 2 aliphatic rings. The van der Waals surface area contributed by atoms with Gasteiger partial charge in [-0.2, -0.15) is 0 Å². The number of amides is 1. The minimum atomic E-state index is -0.427. The highest BCUT2D eigenvalue weighted by Crippen LogP contribution is 2.32. The summed E-state index contributed by atoms with van der Waals surface area (Å²) in [5.74, 6) is -0.210. The molecule has 1 aromatic carbocycles. The van der Waals surface area contributed by atoms with Crippen molar-refractivity contribution in [2.75, 3.05) is 19.0 Å². The van der Waals surface area contributed by atoms with E-state index in [-0.39, 0.29) is 17.8 Å². The van der Waals surface area contributed by atoms with Crippen LogP contribution in [0.1, 0.15) is 57.6 Å². The minimum absolute atomic E-state index is 0.0750. The lowest BCUT2D eigenvalue weighted by molar-refractivity contribution is -0.139. The normalized spacial score (nSPS) is 20.3. The van der Waals surface area contributed by atoms with Gasteiger partial charge in [0.25, 0.3) is 0 Å². The van der Waals surface area contributed by atoms with Gasteiger partial charge in [0.2, 0.25) is 5.91 Å². The fourth-order valence-electron chi connectivity index (χ4n) is 3.96. The van der Waals surface area contributed by atoms with Crippen LogP contribution in [0.25, 0.3) is 0 Å². The molecular weight excluding hydrogens is 386 g/mol. The fourth-order valence-corrected chi connectivity index (χ4v) is 4.22. The number of allylic oxidation sites excluding steroid dienone is 1. The van der Waals surface area contributed by atoms with Crippen molar-refractivity contribution >= 4 is 34.9 Å². The van der Waals surface area contributed by atoms with Gasteiger partial charge in [-0.3, -0.25) is 4.79 Å². The molecule has 1 aliphatic carbocycles. The first-order chi connectivity index (χ1) is 13.9. The Balaban J connectivity index is 1.86. The van der Waals surface area contributed by atoms with E-state index in [9.17, 15) is 9.59 Å². The molecule has 1 fully saturated rings. The Morgan fingerprint density at radius 3 is 2.69 bits per heavy atom. The van der Waals surface area contributed by atoms with Crippen molar-refractivity contribution in [3.05, 3.63) is 41.1 Å². The first kappa shape index (κ1) is 21.3. The second-order valence-corrected chi connectivity index (χ2v) is 8.00. The van der Waals surface area contributed by atoms with Crippen molar-refractivity contribution in [2.24, 2.45) is 5.92 Å². The molecule has 0 radical (unpaired) electrons. The van der Waals surface area contributed by atoms with Gasteiger partial charge in [0, 0.05) is 24.4 Å². The Kier molecular flexibility index (Phi) is 6.90.